The van der Waals surface area contributed by atoms with Gasteiger partial charge in [0.1, 0.15) is 6.29 Å². The SMILES string of the molecule is Cc1cc(C=O)ccc1-n1ccc(C2CC2)n1. The van der Waals surface area contributed by atoms with E-state index in [0.717, 1.165) is 17.5 Å². The Morgan fingerprint density at radius 2 is 2.18 bits per heavy atom. The van der Waals surface area contributed by atoms with E-state index in [9.17, 15) is 4.79 Å². The number of carbonyl (C=O) groups excluding carboxylic acids is 1. The third kappa shape index (κ3) is 1.88. The molecule has 17 heavy (non-hydrogen) atoms. The molecule has 1 aromatic heterocycles. The summed E-state index contributed by atoms with van der Waals surface area (Å²) in [4.78, 5) is 10.7. The summed E-state index contributed by atoms with van der Waals surface area (Å²) in [7, 11) is 0. The van der Waals surface area contributed by atoms with Gasteiger partial charge in [-0.15, -0.1) is 0 Å². The maximum Gasteiger partial charge on any atom is 0.150 e. The number of nitrogens with zero attached hydrogens (tertiary/aromatic N) is 2. The van der Waals surface area contributed by atoms with Crippen LogP contribution in [0.25, 0.3) is 5.69 Å². The molecule has 0 saturated heterocycles. The van der Waals surface area contributed by atoms with Crippen molar-refractivity contribution < 1.29 is 4.79 Å². The van der Waals surface area contributed by atoms with E-state index in [1.165, 1.54) is 18.5 Å². The van der Waals surface area contributed by atoms with Gasteiger partial charge in [0.2, 0.25) is 0 Å². The van der Waals surface area contributed by atoms with Crippen molar-refractivity contribution >= 4 is 6.29 Å². The van der Waals surface area contributed by atoms with Crippen molar-refractivity contribution in [2.45, 2.75) is 25.7 Å². The average Bonchev–Trinajstić information content (AvgIpc) is 3.08. The molecule has 1 saturated carbocycles. The van der Waals surface area contributed by atoms with E-state index in [0.29, 0.717) is 11.5 Å². The third-order valence-corrected chi connectivity index (χ3v) is 3.21. The van der Waals surface area contributed by atoms with Gasteiger partial charge in [-0.05, 0) is 49.6 Å². The molecule has 2 aromatic rings. The number of hydrogen-bond acceptors (Lipinski definition) is 2. The molecule has 0 bridgehead atoms. The lowest BCUT2D eigenvalue weighted by atomic mass is 10.1. The highest BCUT2D eigenvalue weighted by Crippen LogP contribution is 2.39. The number of carbonyl (C=O) groups is 1. The zero-order valence-electron chi connectivity index (χ0n) is 9.76. The largest absolute Gasteiger partial charge is 0.298 e. The fourth-order valence-electron chi connectivity index (χ4n) is 2.08. The molecule has 86 valence electrons. The van der Waals surface area contributed by atoms with Gasteiger partial charge in [0.05, 0.1) is 11.4 Å². The zero-order chi connectivity index (χ0) is 11.8. The van der Waals surface area contributed by atoms with Crippen LogP contribution in [0.2, 0.25) is 0 Å². The van der Waals surface area contributed by atoms with Crippen LogP contribution in [0.1, 0.15) is 40.4 Å². The van der Waals surface area contributed by atoms with Crippen LogP contribution in [0, 0.1) is 6.92 Å². The summed E-state index contributed by atoms with van der Waals surface area (Å²) in [6.45, 7) is 2.00. The molecular formula is C14H14N2O. The number of aryl methyl sites for hydroxylation is 1. The Kier molecular flexibility index (Phi) is 2.32. The molecule has 0 atom stereocenters. The fraction of sp³-hybridized carbons (Fsp3) is 0.286. The molecule has 0 spiro atoms. The van der Waals surface area contributed by atoms with Crippen molar-refractivity contribution in [1.82, 2.24) is 9.78 Å². The van der Waals surface area contributed by atoms with Gasteiger partial charge < -0.3 is 0 Å². The lowest BCUT2D eigenvalue weighted by molar-refractivity contribution is 0.112. The first kappa shape index (κ1) is 10.3. The van der Waals surface area contributed by atoms with Crippen molar-refractivity contribution in [2.75, 3.05) is 0 Å². The van der Waals surface area contributed by atoms with Crippen molar-refractivity contribution in [1.29, 1.82) is 0 Å². The van der Waals surface area contributed by atoms with Crippen LogP contribution in [0.3, 0.4) is 0 Å². The molecule has 3 heteroatoms. The lowest BCUT2D eigenvalue weighted by Crippen LogP contribution is -1.99. The predicted octanol–water partition coefficient (Wildman–Crippen LogP) is 2.87. The second-order valence-electron chi connectivity index (χ2n) is 4.62. The Labute approximate surface area is 100 Å². The summed E-state index contributed by atoms with van der Waals surface area (Å²) in [6.07, 6.45) is 5.40. The molecular weight excluding hydrogens is 212 g/mol. The molecule has 3 nitrogen and oxygen atoms in total. The Bertz CT molecular complexity index is 567. The molecule has 3 rings (SSSR count). The Balaban J connectivity index is 1.98. The van der Waals surface area contributed by atoms with Crippen LogP contribution in [0.4, 0.5) is 0 Å². The molecule has 1 aromatic carbocycles. The fourth-order valence-corrected chi connectivity index (χ4v) is 2.08. The molecule has 1 heterocycles. The third-order valence-electron chi connectivity index (χ3n) is 3.21. The number of benzene rings is 1. The lowest BCUT2D eigenvalue weighted by Gasteiger charge is -2.06. The smallest absolute Gasteiger partial charge is 0.150 e. The molecule has 1 aliphatic rings. The van der Waals surface area contributed by atoms with E-state index in [1.807, 2.05) is 36.0 Å². The summed E-state index contributed by atoms with van der Waals surface area (Å²) in [6, 6.07) is 7.75. The molecule has 0 N–H and O–H groups in total. The second kappa shape index (κ2) is 3.84. The Hall–Kier alpha value is -1.90. The zero-order valence-corrected chi connectivity index (χ0v) is 9.76. The summed E-state index contributed by atoms with van der Waals surface area (Å²) in [5, 5.41) is 4.59. The molecule has 0 amide bonds. The van der Waals surface area contributed by atoms with Crippen LogP contribution >= 0.6 is 0 Å². The topological polar surface area (TPSA) is 34.9 Å². The normalized spacial score (nSPS) is 14.9. The summed E-state index contributed by atoms with van der Waals surface area (Å²) in [5.74, 6) is 0.672. The molecule has 1 fully saturated rings. The quantitative estimate of drug-likeness (QED) is 0.754. The van der Waals surface area contributed by atoms with Crippen molar-refractivity contribution in [2.24, 2.45) is 0 Å². The Morgan fingerprint density at radius 3 is 2.82 bits per heavy atom. The number of aldehydes is 1. The van der Waals surface area contributed by atoms with Crippen LogP contribution < -0.4 is 0 Å². The van der Waals surface area contributed by atoms with Gasteiger partial charge in [0.25, 0.3) is 0 Å². The van der Waals surface area contributed by atoms with E-state index >= 15 is 0 Å². The minimum absolute atomic E-state index is 0.672. The second-order valence-corrected chi connectivity index (χ2v) is 4.62. The van der Waals surface area contributed by atoms with Crippen LogP contribution in [-0.4, -0.2) is 16.1 Å². The first-order chi connectivity index (χ1) is 8.28. The first-order valence-electron chi connectivity index (χ1n) is 5.90. The molecule has 1 aliphatic carbocycles. The van der Waals surface area contributed by atoms with Crippen molar-refractivity contribution in [3.63, 3.8) is 0 Å². The minimum Gasteiger partial charge on any atom is -0.298 e. The van der Waals surface area contributed by atoms with E-state index in [4.69, 9.17) is 0 Å². The number of rotatable bonds is 3. The van der Waals surface area contributed by atoms with Gasteiger partial charge in [0.15, 0.2) is 0 Å². The van der Waals surface area contributed by atoms with E-state index in [1.54, 1.807) is 0 Å². The summed E-state index contributed by atoms with van der Waals surface area (Å²) in [5.41, 5.74) is 4.01. The van der Waals surface area contributed by atoms with Crippen LogP contribution in [-0.2, 0) is 0 Å². The van der Waals surface area contributed by atoms with Crippen molar-refractivity contribution in [3.8, 4) is 5.69 Å². The van der Waals surface area contributed by atoms with Gasteiger partial charge in [-0.25, -0.2) is 4.68 Å². The molecule has 0 unspecified atom stereocenters. The van der Waals surface area contributed by atoms with Gasteiger partial charge in [-0.3, -0.25) is 4.79 Å². The first-order valence-corrected chi connectivity index (χ1v) is 5.90. The number of aromatic nitrogens is 2. The number of hydrogen-bond donors (Lipinski definition) is 0. The van der Waals surface area contributed by atoms with Gasteiger partial charge >= 0.3 is 0 Å². The van der Waals surface area contributed by atoms with E-state index in [-0.39, 0.29) is 0 Å². The van der Waals surface area contributed by atoms with E-state index < -0.39 is 0 Å². The van der Waals surface area contributed by atoms with Gasteiger partial charge in [-0.1, -0.05) is 0 Å². The van der Waals surface area contributed by atoms with Crippen LogP contribution in [0.5, 0.6) is 0 Å². The molecule has 0 aliphatic heterocycles. The molecule has 0 radical (unpaired) electrons. The van der Waals surface area contributed by atoms with E-state index in [2.05, 4.69) is 11.2 Å². The maximum absolute atomic E-state index is 10.7. The van der Waals surface area contributed by atoms with Gasteiger partial charge in [0, 0.05) is 17.7 Å². The highest BCUT2D eigenvalue weighted by molar-refractivity contribution is 5.75. The van der Waals surface area contributed by atoms with Gasteiger partial charge in [-0.2, -0.15) is 5.10 Å². The van der Waals surface area contributed by atoms with Crippen molar-refractivity contribution in [3.05, 3.63) is 47.3 Å². The highest BCUT2D eigenvalue weighted by Gasteiger charge is 2.25. The standard InChI is InChI=1S/C14H14N2O/c1-10-8-11(9-17)2-5-14(10)16-7-6-13(15-16)12-3-4-12/h2,5-9,12H,3-4H2,1H3. The monoisotopic (exact) mass is 226 g/mol. The summed E-state index contributed by atoms with van der Waals surface area (Å²) < 4.78 is 1.90. The average molecular weight is 226 g/mol. The van der Waals surface area contributed by atoms with Crippen LogP contribution in [0.15, 0.2) is 30.5 Å². The minimum atomic E-state index is 0.672. The summed E-state index contributed by atoms with van der Waals surface area (Å²) >= 11 is 0. The maximum atomic E-state index is 10.7. The highest BCUT2D eigenvalue weighted by atomic mass is 16.1. The Morgan fingerprint density at radius 1 is 1.35 bits per heavy atom. The predicted molar refractivity (Wildman–Crippen MR) is 65.7 cm³/mol.